The highest BCUT2D eigenvalue weighted by Crippen LogP contribution is 2.19. The number of rotatable bonds is 1. The zero-order valence-electron chi connectivity index (χ0n) is 5.75. The summed E-state index contributed by atoms with van der Waals surface area (Å²) in [5, 5.41) is 0. The molecule has 0 aromatic carbocycles. The van der Waals surface area contributed by atoms with Crippen molar-refractivity contribution in [2.75, 3.05) is 0 Å². The van der Waals surface area contributed by atoms with E-state index in [1.807, 2.05) is 0 Å². The molecule has 1 amide bonds. The first kappa shape index (κ1) is 8.92. The lowest BCUT2D eigenvalue weighted by Crippen LogP contribution is -2.17. The lowest BCUT2D eigenvalue weighted by atomic mass is 10.4. The predicted octanol–water partition coefficient (Wildman–Crippen LogP) is 1.44. The number of carbonyl (C=O) groups is 1. The Morgan fingerprint density at radius 1 is 1.75 bits per heavy atom. The van der Waals surface area contributed by atoms with Gasteiger partial charge in [-0.1, -0.05) is 0 Å². The van der Waals surface area contributed by atoms with E-state index in [0.29, 0.717) is 4.60 Å². The number of carbonyl (C=O) groups excluding carboxylic acids is 1. The van der Waals surface area contributed by atoms with Crippen molar-refractivity contribution in [3.63, 3.8) is 0 Å². The molecule has 0 saturated heterocycles. The number of hydrogen-bond donors (Lipinski definition) is 1. The molecular weight excluding hydrogens is 231 g/mol. The molecule has 0 fully saturated rings. The summed E-state index contributed by atoms with van der Waals surface area (Å²) in [7, 11) is 0. The highest BCUT2D eigenvalue weighted by molar-refractivity contribution is 9.10. The molecule has 0 bridgehead atoms. The number of nitrogens with two attached hydrogens (primary N) is 1. The molecule has 0 unspecified atom stereocenters. The van der Waals surface area contributed by atoms with Crippen LogP contribution in [0, 0.1) is 5.82 Å². The maximum absolute atomic E-state index is 12.7. The van der Waals surface area contributed by atoms with Crippen LogP contribution in [0.2, 0.25) is 0 Å². The Morgan fingerprint density at radius 3 is 3.00 bits per heavy atom. The van der Waals surface area contributed by atoms with Crippen molar-refractivity contribution in [3.8, 4) is 5.75 Å². The maximum Gasteiger partial charge on any atom is 0.410 e. The van der Waals surface area contributed by atoms with Crippen LogP contribution in [0.4, 0.5) is 9.18 Å². The van der Waals surface area contributed by atoms with Gasteiger partial charge in [0.05, 0.1) is 6.20 Å². The number of aromatic nitrogens is 1. The molecule has 0 radical (unpaired) electrons. The molecule has 12 heavy (non-hydrogen) atoms. The van der Waals surface area contributed by atoms with Crippen molar-refractivity contribution in [1.29, 1.82) is 0 Å². The quantitative estimate of drug-likeness (QED) is 0.749. The van der Waals surface area contributed by atoms with Gasteiger partial charge in [0.1, 0.15) is 4.60 Å². The van der Waals surface area contributed by atoms with E-state index in [-0.39, 0.29) is 5.75 Å². The normalized spacial score (nSPS) is 9.50. The second-order valence-electron chi connectivity index (χ2n) is 1.86. The molecule has 1 aromatic rings. The second-order valence-corrected chi connectivity index (χ2v) is 2.67. The van der Waals surface area contributed by atoms with Gasteiger partial charge in [0.15, 0.2) is 11.6 Å². The van der Waals surface area contributed by atoms with Crippen molar-refractivity contribution in [1.82, 2.24) is 4.98 Å². The van der Waals surface area contributed by atoms with Gasteiger partial charge in [-0.05, 0) is 15.9 Å². The van der Waals surface area contributed by atoms with Gasteiger partial charge >= 0.3 is 6.09 Å². The van der Waals surface area contributed by atoms with E-state index in [4.69, 9.17) is 0 Å². The van der Waals surface area contributed by atoms with Crippen molar-refractivity contribution in [3.05, 3.63) is 22.7 Å². The van der Waals surface area contributed by atoms with Crippen LogP contribution in [-0.4, -0.2) is 11.1 Å². The molecule has 1 rings (SSSR count). The van der Waals surface area contributed by atoms with E-state index in [1.165, 1.54) is 6.07 Å². The van der Waals surface area contributed by atoms with Crippen LogP contribution in [0.5, 0.6) is 5.75 Å². The Bertz CT molecular complexity index is 318. The summed E-state index contributed by atoms with van der Waals surface area (Å²) in [6.45, 7) is 0. The van der Waals surface area contributed by atoms with Gasteiger partial charge in [0, 0.05) is 6.07 Å². The van der Waals surface area contributed by atoms with Crippen LogP contribution in [0.25, 0.3) is 0 Å². The molecule has 0 aliphatic carbocycles. The van der Waals surface area contributed by atoms with E-state index in [2.05, 4.69) is 31.4 Å². The summed E-state index contributed by atoms with van der Waals surface area (Å²) in [4.78, 5) is 13.8. The number of hydrogen-bond acceptors (Lipinski definition) is 3. The molecule has 0 aliphatic rings. The van der Waals surface area contributed by atoms with Crippen LogP contribution >= 0.6 is 15.9 Å². The molecule has 0 saturated carbocycles. The third-order valence-corrected chi connectivity index (χ3v) is 1.43. The van der Waals surface area contributed by atoms with Crippen molar-refractivity contribution in [2.45, 2.75) is 0 Å². The number of primary amides is 1. The molecule has 0 spiro atoms. The fourth-order valence-electron chi connectivity index (χ4n) is 0.583. The number of halogens is 2. The van der Waals surface area contributed by atoms with Crippen LogP contribution in [0.1, 0.15) is 0 Å². The van der Waals surface area contributed by atoms with Crippen LogP contribution in [0.3, 0.4) is 0 Å². The Hall–Kier alpha value is -1.17. The minimum Gasteiger partial charge on any atom is -0.407 e. The molecule has 0 aliphatic heterocycles. The highest BCUT2D eigenvalue weighted by Gasteiger charge is 2.07. The number of nitrogens with zero attached hydrogens (tertiary/aromatic N) is 1. The van der Waals surface area contributed by atoms with Crippen molar-refractivity contribution >= 4 is 22.0 Å². The van der Waals surface area contributed by atoms with E-state index in [0.717, 1.165) is 6.20 Å². The van der Waals surface area contributed by atoms with Gasteiger partial charge < -0.3 is 10.5 Å². The fraction of sp³-hybridized carbons (Fsp3) is 0. The van der Waals surface area contributed by atoms with Gasteiger partial charge in [-0.2, -0.15) is 0 Å². The van der Waals surface area contributed by atoms with Gasteiger partial charge in [-0.15, -0.1) is 0 Å². The zero-order chi connectivity index (χ0) is 9.14. The average molecular weight is 235 g/mol. The van der Waals surface area contributed by atoms with Crippen molar-refractivity contribution < 1.29 is 13.9 Å². The largest absolute Gasteiger partial charge is 0.410 e. The van der Waals surface area contributed by atoms with E-state index >= 15 is 0 Å². The SMILES string of the molecule is NC(=O)Oc1cc(Br)ncc1F. The first-order chi connectivity index (χ1) is 5.59. The zero-order valence-corrected chi connectivity index (χ0v) is 7.34. The molecule has 64 valence electrons. The minimum atomic E-state index is -1.06. The molecule has 4 nitrogen and oxygen atoms in total. The average Bonchev–Trinajstić information content (AvgIpc) is 1.96. The number of ether oxygens (including phenoxy) is 1. The topological polar surface area (TPSA) is 65.2 Å². The number of amides is 1. The molecular formula is C6H4BrFN2O2. The molecule has 2 N–H and O–H groups in total. The highest BCUT2D eigenvalue weighted by atomic mass is 79.9. The van der Waals surface area contributed by atoms with Gasteiger partial charge in [-0.3, -0.25) is 0 Å². The summed E-state index contributed by atoms with van der Waals surface area (Å²) in [5.74, 6) is -0.985. The monoisotopic (exact) mass is 234 g/mol. The summed E-state index contributed by atoms with van der Waals surface area (Å²) in [6, 6.07) is 1.21. The second kappa shape index (κ2) is 3.48. The Morgan fingerprint density at radius 2 is 2.42 bits per heavy atom. The van der Waals surface area contributed by atoms with Gasteiger partial charge in [0.2, 0.25) is 0 Å². The lowest BCUT2D eigenvalue weighted by Gasteiger charge is -2.00. The fourth-order valence-corrected chi connectivity index (χ4v) is 0.893. The standard InChI is InChI=1S/C6H4BrFN2O2/c7-5-1-4(12-6(9)11)3(8)2-10-5/h1-2H,(H2,9,11). The smallest absolute Gasteiger partial charge is 0.407 e. The third kappa shape index (κ3) is 2.16. The first-order valence-corrected chi connectivity index (χ1v) is 3.67. The van der Waals surface area contributed by atoms with Crippen LogP contribution in [0.15, 0.2) is 16.9 Å². The Balaban J connectivity index is 2.97. The minimum absolute atomic E-state index is 0.246. The summed E-state index contributed by atoms with van der Waals surface area (Å²) in [6.07, 6.45) is -0.144. The third-order valence-electron chi connectivity index (χ3n) is 0.997. The summed E-state index contributed by atoms with van der Waals surface area (Å²) >= 11 is 2.98. The summed E-state index contributed by atoms with van der Waals surface area (Å²) < 4.78 is 17.4. The van der Waals surface area contributed by atoms with Crippen molar-refractivity contribution in [2.24, 2.45) is 5.73 Å². The van der Waals surface area contributed by atoms with Gasteiger partial charge in [0.25, 0.3) is 0 Å². The van der Waals surface area contributed by atoms with E-state index in [1.54, 1.807) is 0 Å². The molecule has 1 aromatic heterocycles. The maximum atomic E-state index is 12.7. The predicted molar refractivity (Wildman–Crippen MR) is 42.1 cm³/mol. The Labute approximate surface area is 75.7 Å². The summed E-state index contributed by atoms with van der Waals surface area (Å²) in [5.41, 5.74) is 4.68. The van der Waals surface area contributed by atoms with E-state index < -0.39 is 11.9 Å². The van der Waals surface area contributed by atoms with Crippen LogP contribution < -0.4 is 10.5 Å². The molecule has 1 heterocycles. The van der Waals surface area contributed by atoms with Gasteiger partial charge in [-0.25, -0.2) is 14.2 Å². The van der Waals surface area contributed by atoms with Crippen LogP contribution in [-0.2, 0) is 0 Å². The Kier molecular flexibility index (Phi) is 2.59. The lowest BCUT2D eigenvalue weighted by molar-refractivity contribution is 0.208. The van der Waals surface area contributed by atoms with E-state index in [9.17, 15) is 9.18 Å². The number of pyridine rings is 1. The first-order valence-electron chi connectivity index (χ1n) is 2.88. The molecule has 0 atom stereocenters. The molecule has 6 heteroatoms.